The molecule has 2 saturated heterocycles. The van der Waals surface area contributed by atoms with Crippen molar-refractivity contribution in [2.75, 3.05) is 32.8 Å². The van der Waals surface area contributed by atoms with Gasteiger partial charge in [0.15, 0.2) is 0 Å². The molecule has 27 heavy (non-hydrogen) atoms. The highest BCUT2D eigenvalue weighted by atomic mass is 16.5. The molecule has 0 unspecified atom stereocenters. The van der Waals surface area contributed by atoms with Crippen molar-refractivity contribution in [1.29, 1.82) is 0 Å². The Kier molecular flexibility index (Phi) is 5.22. The minimum atomic E-state index is -1.02. The number of amides is 5. The Labute approximate surface area is 157 Å². The SMILES string of the molecule is Cc1ccc(C)c(OC[C@@H](O)CN2C(=O)[C@@H]3CN(C(N)=O)CCN3C2=O)c1. The normalized spacial score (nSPS) is 20.7. The van der Waals surface area contributed by atoms with Gasteiger partial charge in [0.25, 0.3) is 5.91 Å². The van der Waals surface area contributed by atoms with Crippen molar-refractivity contribution in [1.82, 2.24) is 14.7 Å². The van der Waals surface area contributed by atoms with Crippen LogP contribution in [-0.4, -0.2) is 82.7 Å². The molecule has 5 amide bonds. The quantitative estimate of drug-likeness (QED) is 0.706. The van der Waals surface area contributed by atoms with E-state index in [0.29, 0.717) is 5.75 Å². The van der Waals surface area contributed by atoms with Gasteiger partial charge in [-0.05, 0) is 31.0 Å². The summed E-state index contributed by atoms with van der Waals surface area (Å²) in [6, 6.07) is 3.94. The molecule has 0 saturated carbocycles. The molecule has 2 aliphatic rings. The molecule has 1 aromatic rings. The van der Waals surface area contributed by atoms with E-state index in [9.17, 15) is 19.5 Å². The highest BCUT2D eigenvalue weighted by Gasteiger charge is 2.48. The van der Waals surface area contributed by atoms with Gasteiger partial charge < -0.3 is 25.4 Å². The van der Waals surface area contributed by atoms with Crippen LogP contribution in [0.25, 0.3) is 0 Å². The summed E-state index contributed by atoms with van der Waals surface area (Å²) in [6.07, 6.45) is -1.02. The zero-order valence-electron chi connectivity index (χ0n) is 15.4. The Morgan fingerprint density at radius 1 is 1.33 bits per heavy atom. The summed E-state index contributed by atoms with van der Waals surface area (Å²) < 4.78 is 5.65. The van der Waals surface area contributed by atoms with E-state index in [1.54, 1.807) is 0 Å². The van der Waals surface area contributed by atoms with Gasteiger partial charge in [-0.1, -0.05) is 12.1 Å². The van der Waals surface area contributed by atoms with Gasteiger partial charge in [0, 0.05) is 13.1 Å². The third-order valence-electron chi connectivity index (χ3n) is 4.89. The predicted molar refractivity (Wildman–Crippen MR) is 96.2 cm³/mol. The van der Waals surface area contributed by atoms with Gasteiger partial charge in [-0.3, -0.25) is 9.69 Å². The molecule has 1 aromatic carbocycles. The number of rotatable bonds is 5. The third-order valence-corrected chi connectivity index (χ3v) is 4.89. The third kappa shape index (κ3) is 3.82. The number of nitrogens with zero attached hydrogens (tertiary/aromatic N) is 3. The number of ether oxygens (including phenoxy) is 1. The van der Waals surface area contributed by atoms with Gasteiger partial charge in [0.2, 0.25) is 0 Å². The molecule has 3 rings (SSSR count). The van der Waals surface area contributed by atoms with E-state index in [4.69, 9.17) is 10.5 Å². The number of aliphatic hydroxyl groups is 1. The Morgan fingerprint density at radius 3 is 2.78 bits per heavy atom. The number of aliphatic hydroxyl groups excluding tert-OH is 1. The molecule has 2 aliphatic heterocycles. The van der Waals surface area contributed by atoms with Crippen molar-refractivity contribution < 1.29 is 24.2 Å². The first-order chi connectivity index (χ1) is 12.8. The average Bonchev–Trinajstić information content (AvgIpc) is 2.87. The topological polar surface area (TPSA) is 116 Å². The number of imide groups is 1. The maximum Gasteiger partial charge on any atom is 0.327 e. The van der Waals surface area contributed by atoms with Gasteiger partial charge in [0.1, 0.15) is 24.5 Å². The first-order valence-corrected chi connectivity index (χ1v) is 8.82. The first kappa shape index (κ1) is 19.0. The van der Waals surface area contributed by atoms with Crippen LogP contribution in [0.15, 0.2) is 18.2 Å². The average molecular weight is 376 g/mol. The molecule has 146 valence electrons. The molecule has 3 N–H and O–H groups in total. The molecule has 9 nitrogen and oxygen atoms in total. The predicted octanol–water partition coefficient (Wildman–Crippen LogP) is 0.0702. The maximum absolute atomic E-state index is 12.6. The Balaban J connectivity index is 1.60. The Bertz CT molecular complexity index is 768. The van der Waals surface area contributed by atoms with Crippen LogP contribution in [0.4, 0.5) is 9.59 Å². The van der Waals surface area contributed by atoms with Gasteiger partial charge in [-0.25, -0.2) is 9.59 Å². The minimum absolute atomic E-state index is 0.0422. The molecule has 2 heterocycles. The minimum Gasteiger partial charge on any atom is -0.491 e. The van der Waals surface area contributed by atoms with Crippen LogP contribution in [0.1, 0.15) is 11.1 Å². The number of carbonyl (C=O) groups excluding carboxylic acids is 3. The van der Waals surface area contributed by atoms with Crippen LogP contribution in [-0.2, 0) is 4.79 Å². The van der Waals surface area contributed by atoms with Gasteiger partial charge in [0.05, 0.1) is 13.1 Å². The van der Waals surface area contributed by atoms with Crippen molar-refractivity contribution in [3.8, 4) is 5.75 Å². The lowest BCUT2D eigenvalue weighted by Crippen LogP contribution is -2.55. The Hall–Kier alpha value is -2.81. The summed E-state index contributed by atoms with van der Waals surface area (Å²) in [5.74, 6) is 0.222. The summed E-state index contributed by atoms with van der Waals surface area (Å²) in [5, 5.41) is 10.3. The number of benzene rings is 1. The molecule has 0 bridgehead atoms. The van der Waals surface area contributed by atoms with Crippen LogP contribution in [0.5, 0.6) is 5.75 Å². The summed E-state index contributed by atoms with van der Waals surface area (Å²) in [4.78, 5) is 40.1. The number of β-amino-alcohol motifs (C(OH)–C–C–N with tert-alkyl or cyclic N) is 1. The second kappa shape index (κ2) is 7.43. The van der Waals surface area contributed by atoms with Crippen molar-refractivity contribution in [3.63, 3.8) is 0 Å². The molecule has 2 fully saturated rings. The molecule has 2 atom stereocenters. The number of hydrogen-bond donors (Lipinski definition) is 2. The zero-order valence-corrected chi connectivity index (χ0v) is 15.4. The van der Waals surface area contributed by atoms with E-state index in [1.807, 2.05) is 32.0 Å². The smallest absolute Gasteiger partial charge is 0.327 e. The van der Waals surface area contributed by atoms with Crippen molar-refractivity contribution in [2.45, 2.75) is 26.0 Å². The number of urea groups is 2. The molecular formula is C18H24N4O5. The lowest BCUT2D eigenvalue weighted by molar-refractivity contribution is -0.130. The number of aryl methyl sites for hydroxylation is 2. The van der Waals surface area contributed by atoms with Crippen LogP contribution in [0, 0.1) is 13.8 Å². The molecule has 0 aliphatic carbocycles. The summed E-state index contributed by atoms with van der Waals surface area (Å²) in [6.45, 7) is 4.24. The van der Waals surface area contributed by atoms with E-state index in [1.165, 1.54) is 9.80 Å². The van der Waals surface area contributed by atoms with Gasteiger partial charge in [-0.15, -0.1) is 0 Å². The Morgan fingerprint density at radius 2 is 2.07 bits per heavy atom. The van der Waals surface area contributed by atoms with Crippen molar-refractivity contribution in [3.05, 3.63) is 29.3 Å². The fraction of sp³-hybridized carbons (Fsp3) is 0.500. The molecular weight excluding hydrogens is 352 g/mol. The van der Waals surface area contributed by atoms with E-state index >= 15 is 0 Å². The van der Waals surface area contributed by atoms with Gasteiger partial charge >= 0.3 is 12.1 Å². The second-order valence-electron chi connectivity index (χ2n) is 6.96. The van der Waals surface area contributed by atoms with Crippen LogP contribution < -0.4 is 10.5 Å². The summed E-state index contributed by atoms with van der Waals surface area (Å²) >= 11 is 0. The number of piperazine rings is 1. The molecule has 0 spiro atoms. The van der Waals surface area contributed by atoms with E-state index in [0.717, 1.165) is 16.0 Å². The lowest BCUT2D eigenvalue weighted by Gasteiger charge is -2.34. The summed E-state index contributed by atoms with van der Waals surface area (Å²) in [5.41, 5.74) is 7.23. The van der Waals surface area contributed by atoms with Crippen molar-refractivity contribution >= 4 is 18.0 Å². The van der Waals surface area contributed by atoms with Crippen LogP contribution in [0.2, 0.25) is 0 Å². The van der Waals surface area contributed by atoms with E-state index < -0.39 is 30.1 Å². The number of nitrogens with two attached hydrogens (primary N) is 1. The number of hydrogen-bond acceptors (Lipinski definition) is 5. The standard InChI is InChI=1S/C18H24N4O5/c1-11-3-4-12(2)15(7-11)27-10-13(23)8-22-16(24)14-9-20(17(19)25)5-6-21(14)18(22)26/h3-4,7,13-14,23H,5-6,8-10H2,1-2H3,(H2,19,25)/t13-,14-/m0/s1. The van der Waals surface area contributed by atoms with Crippen LogP contribution >= 0.6 is 0 Å². The molecule has 0 radical (unpaired) electrons. The fourth-order valence-corrected chi connectivity index (χ4v) is 3.33. The highest BCUT2D eigenvalue weighted by Crippen LogP contribution is 2.23. The number of primary amides is 1. The van der Waals surface area contributed by atoms with Crippen LogP contribution in [0.3, 0.4) is 0 Å². The number of fused-ring (bicyclic) bond motifs is 1. The van der Waals surface area contributed by atoms with Gasteiger partial charge in [-0.2, -0.15) is 0 Å². The number of carbonyl (C=O) groups is 3. The fourth-order valence-electron chi connectivity index (χ4n) is 3.33. The second-order valence-corrected chi connectivity index (χ2v) is 6.96. The monoisotopic (exact) mass is 376 g/mol. The van der Waals surface area contributed by atoms with Crippen molar-refractivity contribution in [2.24, 2.45) is 5.73 Å². The molecule has 0 aromatic heterocycles. The molecule has 9 heteroatoms. The summed E-state index contributed by atoms with van der Waals surface area (Å²) in [7, 11) is 0. The first-order valence-electron chi connectivity index (χ1n) is 8.82. The van der Waals surface area contributed by atoms with E-state index in [2.05, 4.69) is 0 Å². The van der Waals surface area contributed by atoms with E-state index in [-0.39, 0.29) is 32.8 Å². The largest absolute Gasteiger partial charge is 0.491 e. The highest BCUT2D eigenvalue weighted by molar-refractivity contribution is 6.04. The zero-order chi connectivity index (χ0) is 19.7. The lowest BCUT2D eigenvalue weighted by atomic mass is 10.1. The maximum atomic E-state index is 12.6.